The molecular formula is C12H13BrN2O3. The van der Waals surface area contributed by atoms with E-state index in [2.05, 4.69) is 15.9 Å². The number of hydrogen-bond donors (Lipinski definition) is 1. The SMILES string of the molecule is CC(C(=O)O)N1CC(=O)N(C)c2ccc(Br)cc21. The van der Waals surface area contributed by atoms with Crippen LogP contribution in [0, 0.1) is 0 Å². The Morgan fingerprint density at radius 1 is 1.44 bits per heavy atom. The molecule has 1 N–H and O–H groups in total. The minimum absolute atomic E-state index is 0.0768. The predicted octanol–water partition coefficient (Wildman–Crippen LogP) is 1.70. The molecule has 0 spiro atoms. The third-order valence-electron chi connectivity index (χ3n) is 3.11. The molecule has 6 heteroatoms. The molecule has 1 aliphatic rings. The highest BCUT2D eigenvalue weighted by Crippen LogP contribution is 2.36. The molecule has 96 valence electrons. The summed E-state index contributed by atoms with van der Waals surface area (Å²) in [6, 6.07) is 4.73. The lowest BCUT2D eigenvalue weighted by Gasteiger charge is -2.37. The normalized spacial score (nSPS) is 16.5. The maximum Gasteiger partial charge on any atom is 0.326 e. The van der Waals surface area contributed by atoms with E-state index in [9.17, 15) is 9.59 Å². The number of carbonyl (C=O) groups excluding carboxylic acids is 1. The van der Waals surface area contributed by atoms with Crippen LogP contribution in [0.3, 0.4) is 0 Å². The van der Waals surface area contributed by atoms with Crippen molar-refractivity contribution in [1.82, 2.24) is 0 Å². The molecule has 0 aliphatic carbocycles. The summed E-state index contributed by atoms with van der Waals surface area (Å²) in [5.74, 6) is -1.06. The van der Waals surface area contributed by atoms with Gasteiger partial charge in [0.2, 0.25) is 5.91 Å². The van der Waals surface area contributed by atoms with Gasteiger partial charge < -0.3 is 14.9 Å². The number of benzene rings is 1. The first kappa shape index (κ1) is 12.9. The molecule has 0 aromatic heterocycles. The summed E-state index contributed by atoms with van der Waals surface area (Å²) in [7, 11) is 1.69. The van der Waals surface area contributed by atoms with Gasteiger partial charge in [0.05, 0.1) is 17.9 Å². The van der Waals surface area contributed by atoms with E-state index in [1.54, 1.807) is 29.8 Å². The topological polar surface area (TPSA) is 60.9 Å². The summed E-state index contributed by atoms with van der Waals surface area (Å²) >= 11 is 3.36. The Bertz CT molecular complexity index is 518. The lowest BCUT2D eigenvalue weighted by molar-refractivity contribution is -0.138. The van der Waals surface area contributed by atoms with E-state index in [4.69, 9.17) is 5.11 Å². The van der Waals surface area contributed by atoms with Crippen molar-refractivity contribution in [3.63, 3.8) is 0 Å². The zero-order valence-electron chi connectivity index (χ0n) is 10.1. The molecule has 2 rings (SSSR count). The molecule has 0 radical (unpaired) electrons. The summed E-state index contributed by atoms with van der Waals surface area (Å²) in [6.45, 7) is 1.65. The Hall–Kier alpha value is -1.56. The molecule has 0 fully saturated rings. The van der Waals surface area contributed by atoms with E-state index in [-0.39, 0.29) is 12.5 Å². The second-order valence-corrected chi connectivity index (χ2v) is 5.14. The van der Waals surface area contributed by atoms with Gasteiger partial charge in [0, 0.05) is 11.5 Å². The van der Waals surface area contributed by atoms with Crippen LogP contribution in [0.2, 0.25) is 0 Å². The van der Waals surface area contributed by atoms with Crippen molar-refractivity contribution in [2.45, 2.75) is 13.0 Å². The molecule has 1 atom stereocenters. The highest BCUT2D eigenvalue weighted by molar-refractivity contribution is 9.10. The van der Waals surface area contributed by atoms with E-state index in [1.165, 1.54) is 0 Å². The average molecular weight is 313 g/mol. The summed E-state index contributed by atoms with van der Waals surface area (Å²) in [4.78, 5) is 26.1. The summed E-state index contributed by atoms with van der Waals surface area (Å²) in [6.07, 6.45) is 0. The van der Waals surface area contributed by atoms with Gasteiger partial charge >= 0.3 is 5.97 Å². The number of fused-ring (bicyclic) bond motifs is 1. The van der Waals surface area contributed by atoms with Crippen LogP contribution in [0.4, 0.5) is 11.4 Å². The first-order valence-electron chi connectivity index (χ1n) is 5.47. The van der Waals surface area contributed by atoms with Crippen molar-refractivity contribution in [1.29, 1.82) is 0 Å². The van der Waals surface area contributed by atoms with Crippen molar-refractivity contribution in [2.24, 2.45) is 0 Å². The van der Waals surface area contributed by atoms with Crippen LogP contribution in [0.25, 0.3) is 0 Å². The van der Waals surface area contributed by atoms with Crippen LogP contribution in [-0.4, -0.2) is 36.6 Å². The Balaban J connectivity index is 2.52. The van der Waals surface area contributed by atoms with Gasteiger partial charge in [-0.05, 0) is 25.1 Å². The van der Waals surface area contributed by atoms with Crippen molar-refractivity contribution in [2.75, 3.05) is 23.4 Å². The number of hydrogen-bond acceptors (Lipinski definition) is 3. The first-order valence-corrected chi connectivity index (χ1v) is 6.26. The van der Waals surface area contributed by atoms with Gasteiger partial charge in [-0.25, -0.2) is 4.79 Å². The van der Waals surface area contributed by atoms with E-state index in [0.717, 1.165) is 15.8 Å². The molecule has 1 heterocycles. The molecule has 1 aliphatic heterocycles. The summed E-state index contributed by atoms with van der Waals surface area (Å²) < 4.78 is 0.853. The van der Waals surface area contributed by atoms with Crippen molar-refractivity contribution in [3.8, 4) is 0 Å². The van der Waals surface area contributed by atoms with Gasteiger partial charge in [-0.15, -0.1) is 0 Å². The smallest absolute Gasteiger partial charge is 0.326 e. The maximum atomic E-state index is 11.9. The van der Waals surface area contributed by atoms with Crippen LogP contribution >= 0.6 is 15.9 Å². The van der Waals surface area contributed by atoms with Gasteiger partial charge in [-0.2, -0.15) is 0 Å². The molecule has 0 saturated carbocycles. The molecule has 1 unspecified atom stereocenters. The van der Waals surface area contributed by atoms with Crippen LogP contribution < -0.4 is 9.80 Å². The minimum atomic E-state index is -0.946. The summed E-state index contributed by atoms with van der Waals surface area (Å²) in [5, 5.41) is 9.10. The number of rotatable bonds is 2. The highest BCUT2D eigenvalue weighted by Gasteiger charge is 2.32. The quantitative estimate of drug-likeness (QED) is 0.903. The lowest BCUT2D eigenvalue weighted by atomic mass is 10.1. The fraction of sp³-hybridized carbons (Fsp3) is 0.333. The third kappa shape index (κ3) is 2.08. The van der Waals surface area contributed by atoms with Crippen LogP contribution in [-0.2, 0) is 9.59 Å². The predicted molar refractivity (Wildman–Crippen MR) is 72.0 cm³/mol. The zero-order valence-corrected chi connectivity index (χ0v) is 11.6. The van der Waals surface area contributed by atoms with E-state index in [1.807, 2.05) is 12.1 Å². The standard InChI is InChI=1S/C12H13BrN2O3/c1-7(12(17)18)15-6-11(16)14(2)9-4-3-8(13)5-10(9)15/h3-5,7H,6H2,1-2H3,(H,17,18). The van der Waals surface area contributed by atoms with Gasteiger partial charge in [-0.3, -0.25) is 4.79 Å². The second-order valence-electron chi connectivity index (χ2n) is 4.23. The van der Waals surface area contributed by atoms with Crippen LogP contribution in [0.1, 0.15) is 6.92 Å². The highest BCUT2D eigenvalue weighted by atomic mass is 79.9. The van der Waals surface area contributed by atoms with Crippen LogP contribution in [0.5, 0.6) is 0 Å². The molecular weight excluding hydrogens is 300 g/mol. The average Bonchev–Trinajstić information content (AvgIpc) is 2.32. The Morgan fingerprint density at radius 2 is 2.11 bits per heavy atom. The van der Waals surface area contributed by atoms with E-state index >= 15 is 0 Å². The second kappa shape index (κ2) is 4.61. The fourth-order valence-corrected chi connectivity index (χ4v) is 2.31. The number of halogens is 1. The van der Waals surface area contributed by atoms with Gasteiger partial charge in [0.15, 0.2) is 0 Å². The Kier molecular flexibility index (Phi) is 3.30. The van der Waals surface area contributed by atoms with E-state index in [0.29, 0.717) is 0 Å². The number of amides is 1. The summed E-state index contributed by atoms with van der Waals surface area (Å²) in [5.41, 5.74) is 1.48. The molecule has 1 amide bonds. The molecule has 18 heavy (non-hydrogen) atoms. The number of carboxylic acids is 1. The lowest BCUT2D eigenvalue weighted by Crippen LogP contribution is -2.50. The molecule has 1 aromatic carbocycles. The fourth-order valence-electron chi connectivity index (χ4n) is 1.96. The van der Waals surface area contributed by atoms with Crippen LogP contribution in [0.15, 0.2) is 22.7 Å². The zero-order chi connectivity index (χ0) is 13.4. The van der Waals surface area contributed by atoms with Crippen molar-refractivity contribution >= 4 is 39.2 Å². The van der Waals surface area contributed by atoms with Crippen molar-refractivity contribution in [3.05, 3.63) is 22.7 Å². The first-order chi connectivity index (χ1) is 8.41. The molecule has 1 aromatic rings. The number of anilines is 2. The Morgan fingerprint density at radius 3 is 2.72 bits per heavy atom. The largest absolute Gasteiger partial charge is 0.480 e. The molecule has 0 saturated heterocycles. The third-order valence-corrected chi connectivity index (χ3v) is 3.61. The monoisotopic (exact) mass is 312 g/mol. The van der Waals surface area contributed by atoms with Gasteiger partial charge in [0.25, 0.3) is 0 Å². The van der Waals surface area contributed by atoms with Gasteiger partial charge in [-0.1, -0.05) is 15.9 Å². The number of nitrogens with zero attached hydrogens (tertiary/aromatic N) is 2. The molecule has 5 nitrogen and oxygen atoms in total. The number of likely N-dealkylation sites (N-methyl/N-ethyl adjacent to an activating group) is 1. The number of carboxylic acid groups (broad SMARTS) is 1. The van der Waals surface area contributed by atoms with Gasteiger partial charge in [0.1, 0.15) is 6.04 Å². The Labute approximate surface area is 113 Å². The van der Waals surface area contributed by atoms with Crippen molar-refractivity contribution < 1.29 is 14.7 Å². The van der Waals surface area contributed by atoms with E-state index < -0.39 is 12.0 Å². The number of carbonyl (C=O) groups is 2. The number of aliphatic carboxylic acids is 1. The molecule has 0 bridgehead atoms. The maximum absolute atomic E-state index is 11.9. The minimum Gasteiger partial charge on any atom is -0.480 e.